The van der Waals surface area contributed by atoms with Crippen LogP contribution in [0, 0.1) is 0 Å². The molecule has 0 saturated heterocycles. The zero-order valence-electron chi connectivity index (χ0n) is 18.5. The normalized spacial score (nSPS) is 11.1. The fourth-order valence-corrected chi connectivity index (χ4v) is 3.46. The van der Waals surface area contributed by atoms with Crippen molar-refractivity contribution in [3.05, 3.63) is 41.9 Å². The number of hydrogen-bond donors (Lipinski definition) is 1. The topological polar surface area (TPSA) is 135 Å². The van der Waals surface area contributed by atoms with E-state index in [0.717, 1.165) is 11.2 Å². The van der Waals surface area contributed by atoms with E-state index >= 15 is 0 Å². The number of halogens is 1. The lowest BCUT2D eigenvalue weighted by Gasteiger charge is -2.16. The molecule has 2 aromatic heterocycles. The van der Waals surface area contributed by atoms with Gasteiger partial charge in [-0.3, -0.25) is 4.72 Å². The number of aromatic nitrogens is 4. The first-order valence-electron chi connectivity index (χ1n) is 9.83. The standard InChI is InChI=1S/C20H22ClN5O6S2/c1-4-34(27,28)26-18-17(32-16-9-13(29-2)5-6-15(16)21)19(25-12-24-18)30-7-8-31-20-22-10-14(33-3)11-23-20/h5-6,9-12H,4,7-8H2,1-3H3,(H,24,25,26). The van der Waals surface area contributed by atoms with E-state index < -0.39 is 10.0 Å². The van der Waals surface area contributed by atoms with Crippen molar-refractivity contribution in [3.63, 3.8) is 0 Å². The van der Waals surface area contributed by atoms with Crippen molar-refractivity contribution in [3.8, 4) is 29.1 Å². The summed E-state index contributed by atoms with van der Waals surface area (Å²) in [6.45, 7) is 1.62. The summed E-state index contributed by atoms with van der Waals surface area (Å²) < 4.78 is 48.9. The lowest BCUT2D eigenvalue weighted by Crippen LogP contribution is -2.17. The minimum absolute atomic E-state index is 0.0232. The van der Waals surface area contributed by atoms with Gasteiger partial charge in [0, 0.05) is 23.4 Å². The summed E-state index contributed by atoms with van der Waals surface area (Å²) in [6.07, 6.45) is 6.36. The summed E-state index contributed by atoms with van der Waals surface area (Å²) in [5, 5.41) is 0.258. The van der Waals surface area contributed by atoms with Crippen molar-refractivity contribution in [2.24, 2.45) is 0 Å². The molecule has 3 rings (SSSR count). The molecule has 3 aromatic rings. The van der Waals surface area contributed by atoms with E-state index in [4.69, 9.17) is 30.5 Å². The molecule has 14 heteroatoms. The average Bonchev–Trinajstić information content (AvgIpc) is 2.84. The predicted octanol–water partition coefficient (Wildman–Crippen LogP) is 3.66. The van der Waals surface area contributed by atoms with Crippen LogP contribution >= 0.6 is 23.4 Å². The van der Waals surface area contributed by atoms with Crippen molar-refractivity contribution in [2.75, 3.05) is 37.1 Å². The highest BCUT2D eigenvalue weighted by molar-refractivity contribution is 7.98. The van der Waals surface area contributed by atoms with Gasteiger partial charge in [-0.05, 0) is 25.3 Å². The Balaban J connectivity index is 1.81. The molecular formula is C20H22ClN5O6S2. The molecule has 0 bridgehead atoms. The molecule has 0 unspecified atom stereocenters. The van der Waals surface area contributed by atoms with Crippen LogP contribution in [0.4, 0.5) is 5.82 Å². The molecular weight excluding hydrogens is 506 g/mol. The van der Waals surface area contributed by atoms with Gasteiger partial charge in [-0.1, -0.05) is 11.6 Å². The van der Waals surface area contributed by atoms with Gasteiger partial charge in [-0.25, -0.2) is 23.4 Å². The first-order valence-corrected chi connectivity index (χ1v) is 13.1. The molecule has 0 amide bonds. The van der Waals surface area contributed by atoms with E-state index in [0.29, 0.717) is 5.75 Å². The molecule has 0 fully saturated rings. The van der Waals surface area contributed by atoms with Crippen LogP contribution < -0.4 is 23.7 Å². The Morgan fingerprint density at radius 3 is 2.50 bits per heavy atom. The zero-order valence-corrected chi connectivity index (χ0v) is 20.9. The van der Waals surface area contributed by atoms with Gasteiger partial charge < -0.3 is 18.9 Å². The van der Waals surface area contributed by atoms with Crippen LogP contribution in [-0.2, 0) is 10.0 Å². The van der Waals surface area contributed by atoms with Gasteiger partial charge in [0.15, 0.2) is 5.82 Å². The van der Waals surface area contributed by atoms with E-state index in [2.05, 4.69) is 24.7 Å². The number of hydrogen-bond acceptors (Lipinski definition) is 11. The van der Waals surface area contributed by atoms with Gasteiger partial charge in [-0.15, -0.1) is 11.8 Å². The van der Waals surface area contributed by atoms with Gasteiger partial charge in [-0.2, -0.15) is 4.98 Å². The largest absolute Gasteiger partial charge is 0.497 e. The number of nitrogens with one attached hydrogen (secondary N) is 1. The Morgan fingerprint density at radius 1 is 1.09 bits per heavy atom. The quantitative estimate of drug-likeness (QED) is 0.273. The van der Waals surface area contributed by atoms with E-state index in [1.165, 1.54) is 31.9 Å². The van der Waals surface area contributed by atoms with E-state index in [-0.39, 0.29) is 53.2 Å². The summed E-state index contributed by atoms with van der Waals surface area (Å²) in [5.41, 5.74) is 0. The van der Waals surface area contributed by atoms with Gasteiger partial charge >= 0.3 is 6.01 Å². The van der Waals surface area contributed by atoms with Crippen LogP contribution in [0.3, 0.4) is 0 Å². The smallest absolute Gasteiger partial charge is 0.316 e. The first-order chi connectivity index (χ1) is 16.3. The van der Waals surface area contributed by atoms with Crippen LogP contribution in [0.15, 0.2) is 41.8 Å². The fourth-order valence-electron chi connectivity index (χ4n) is 2.40. The SMILES string of the molecule is CCS(=O)(=O)Nc1ncnc(OCCOc2ncc(SC)cn2)c1Oc1cc(OC)ccc1Cl. The molecule has 1 aromatic carbocycles. The van der Waals surface area contributed by atoms with Crippen LogP contribution in [0.25, 0.3) is 0 Å². The van der Waals surface area contributed by atoms with Crippen LogP contribution in [0.1, 0.15) is 6.92 Å². The number of anilines is 1. The molecule has 0 aliphatic rings. The van der Waals surface area contributed by atoms with E-state index in [9.17, 15) is 8.42 Å². The van der Waals surface area contributed by atoms with Crippen molar-refractivity contribution in [2.45, 2.75) is 11.8 Å². The summed E-state index contributed by atoms with van der Waals surface area (Å²) in [7, 11) is -2.18. The Bertz CT molecular complexity index is 1210. The number of nitrogens with zero attached hydrogens (tertiary/aromatic N) is 4. The molecule has 0 radical (unpaired) electrons. The summed E-state index contributed by atoms with van der Waals surface area (Å²) >= 11 is 7.76. The van der Waals surface area contributed by atoms with E-state index in [1.54, 1.807) is 24.5 Å². The molecule has 0 atom stereocenters. The van der Waals surface area contributed by atoms with Crippen LogP contribution in [0.5, 0.6) is 29.1 Å². The molecule has 2 heterocycles. The molecule has 0 aliphatic heterocycles. The highest BCUT2D eigenvalue weighted by Crippen LogP contribution is 2.40. The maximum atomic E-state index is 12.2. The van der Waals surface area contributed by atoms with Gasteiger partial charge in [0.1, 0.15) is 31.0 Å². The van der Waals surface area contributed by atoms with Crippen LogP contribution in [0.2, 0.25) is 5.02 Å². The molecule has 0 aliphatic carbocycles. The Labute approximate surface area is 206 Å². The molecule has 0 saturated carbocycles. The second-order valence-electron chi connectivity index (χ2n) is 6.36. The third-order valence-corrected chi connectivity index (χ3v) is 6.41. The monoisotopic (exact) mass is 527 g/mol. The maximum absolute atomic E-state index is 12.2. The lowest BCUT2D eigenvalue weighted by atomic mass is 10.3. The summed E-state index contributed by atoms with van der Waals surface area (Å²) in [4.78, 5) is 17.2. The Hall–Kier alpha value is -3.03. The third-order valence-electron chi connectivity index (χ3n) is 4.15. The molecule has 34 heavy (non-hydrogen) atoms. The van der Waals surface area contributed by atoms with Crippen molar-refractivity contribution >= 4 is 39.2 Å². The number of benzene rings is 1. The number of ether oxygens (including phenoxy) is 4. The average molecular weight is 528 g/mol. The Morgan fingerprint density at radius 2 is 1.82 bits per heavy atom. The summed E-state index contributed by atoms with van der Waals surface area (Å²) in [6, 6.07) is 4.96. The second-order valence-corrected chi connectivity index (χ2v) is 9.66. The predicted molar refractivity (Wildman–Crippen MR) is 128 cm³/mol. The number of sulfonamides is 1. The van der Waals surface area contributed by atoms with Gasteiger partial charge in [0.25, 0.3) is 5.88 Å². The minimum atomic E-state index is -3.67. The van der Waals surface area contributed by atoms with Crippen molar-refractivity contribution in [1.82, 2.24) is 19.9 Å². The number of thioether (sulfide) groups is 1. The summed E-state index contributed by atoms with van der Waals surface area (Å²) in [5.74, 6) is 0.296. The van der Waals surface area contributed by atoms with Crippen molar-refractivity contribution in [1.29, 1.82) is 0 Å². The fraction of sp³-hybridized carbons (Fsp3) is 0.300. The number of methoxy groups -OCH3 is 1. The highest BCUT2D eigenvalue weighted by atomic mass is 35.5. The van der Waals surface area contributed by atoms with Gasteiger partial charge in [0.05, 0.1) is 17.9 Å². The lowest BCUT2D eigenvalue weighted by molar-refractivity contribution is 0.197. The molecule has 0 spiro atoms. The zero-order chi connectivity index (χ0) is 24.6. The van der Waals surface area contributed by atoms with Gasteiger partial charge in [0.2, 0.25) is 15.8 Å². The van der Waals surface area contributed by atoms with Crippen LogP contribution in [-0.4, -0.2) is 60.7 Å². The molecule has 182 valence electrons. The maximum Gasteiger partial charge on any atom is 0.316 e. The highest BCUT2D eigenvalue weighted by Gasteiger charge is 2.21. The third kappa shape index (κ3) is 6.98. The van der Waals surface area contributed by atoms with E-state index in [1.807, 2.05) is 6.26 Å². The number of rotatable bonds is 12. The Kier molecular flexibility index (Phi) is 8.96. The van der Waals surface area contributed by atoms with Crippen molar-refractivity contribution < 1.29 is 27.4 Å². The molecule has 11 nitrogen and oxygen atoms in total. The minimum Gasteiger partial charge on any atom is -0.497 e. The second kappa shape index (κ2) is 11.9. The first kappa shape index (κ1) is 25.6. The molecule has 1 N–H and O–H groups in total.